The molecule has 0 fully saturated rings. The van der Waals surface area contributed by atoms with E-state index in [2.05, 4.69) is 19.2 Å². The second kappa shape index (κ2) is 8.12. The van der Waals surface area contributed by atoms with Gasteiger partial charge in [0.2, 0.25) is 0 Å². The van der Waals surface area contributed by atoms with Crippen molar-refractivity contribution in [2.75, 3.05) is 13.2 Å². The second-order valence-corrected chi connectivity index (χ2v) is 5.59. The zero-order chi connectivity index (χ0) is 15.1. The molecule has 0 saturated carbocycles. The quantitative estimate of drug-likeness (QED) is 0.814. The topological polar surface area (TPSA) is 58.6 Å². The first-order valence-electron chi connectivity index (χ1n) is 6.77. The van der Waals surface area contributed by atoms with Gasteiger partial charge in [-0.25, -0.2) is 0 Å². The lowest BCUT2D eigenvalue weighted by molar-refractivity contribution is -0.123. The summed E-state index contributed by atoms with van der Waals surface area (Å²) in [6.07, 6.45) is 0.358. The van der Waals surface area contributed by atoms with Gasteiger partial charge in [0, 0.05) is 6.54 Å². The maximum absolute atomic E-state index is 11.6. The summed E-state index contributed by atoms with van der Waals surface area (Å²) < 4.78 is 5.37. The van der Waals surface area contributed by atoms with Gasteiger partial charge in [-0.2, -0.15) is 0 Å². The zero-order valence-electron chi connectivity index (χ0n) is 12.1. The van der Waals surface area contributed by atoms with E-state index in [9.17, 15) is 9.90 Å². The third-order valence-corrected chi connectivity index (χ3v) is 3.14. The third-order valence-electron chi connectivity index (χ3n) is 2.84. The van der Waals surface area contributed by atoms with Crippen LogP contribution in [-0.2, 0) is 4.79 Å². The van der Waals surface area contributed by atoms with Gasteiger partial charge >= 0.3 is 0 Å². The molecule has 0 spiro atoms. The Bertz CT molecular complexity index is 447. The monoisotopic (exact) mass is 299 g/mol. The highest BCUT2D eigenvalue weighted by atomic mass is 35.5. The average Bonchev–Trinajstić information content (AvgIpc) is 2.36. The number of ether oxygens (including phenoxy) is 1. The van der Waals surface area contributed by atoms with Crippen LogP contribution in [0.5, 0.6) is 5.75 Å². The molecule has 0 aliphatic rings. The number of aliphatic hydroxyl groups is 1. The van der Waals surface area contributed by atoms with Gasteiger partial charge in [-0.15, -0.1) is 0 Å². The predicted octanol–water partition coefficient (Wildman–Crippen LogP) is 2.93. The largest absolute Gasteiger partial charge is 0.482 e. The smallest absolute Gasteiger partial charge is 0.257 e. The molecule has 1 unspecified atom stereocenters. The van der Waals surface area contributed by atoms with Gasteiger partial charge in [0.15, 0.2) is 6.61 Å². The molecule has 112 valence electrons. The number of benzene rings is 1. The maximum Gasteiger partial charge on any atom is 0.257 e. The Balaban J connectivity index is 2.43. The van der Waals surface area contributed by atoms with Crippen molar-refractivity contribution in [1.29, 1.82) is 0 Å². The summed E-state index contributed by atoms with van der Waals surface area (Å²) >= 11 is 6.04. The van der Waals surface area contributed by atoms with E-state index in [1.807, 2.05) is 0 Å². The van der Waals surface area contributed by atoms with Crippen molar-refractivity contribution in [3.63, 3.8) is 0 Å². The molecule has 0 saturated heterocycles. The minimum Gasteiger partial charge on any atom is -0.482 e. The number of carbonyl (C=O) groups is 1. The lowest BCUT2D eigenvalue weighted by Gasteiger charge is -2.11. The van der Waals surface area contributed by atoms with Crippen LogP contribution in [0.4, 0.5) is 0 Å². The lowest BCUT2D eigenvalue weighted by atomic mass is 10.1. The molecular weight excluding hydrogens is 278 g/mol. The van der Waals surface area contributed by atoms with Gasteiger partial charge in [0.25, 0.3) is 5.91 Å². The molecule has 0 bridgehead atoms. The van der Waals surface area contributed by atoms with E-state index in [0.29, 0.717) is 28.8 Å². The summed E-state index contributed by atoms with van der Waals surface area (Å²) in [7, 11) is 0. The third kappa shape index (κ3) is 5.80. The van der Waals surface area contributed by atoms with Gasteiger partial charge in [0.05, 0.1) is 11.1 Å². The van der Waals surface area contributed by atoms with Gasteiger partial charge in [-0.1, -0.05) is 31.5 Å². The molecule has 4 nitrogen and oxygen atoms in total. The molecule has 1 atom stereocenters. The minimum absolute atomic E-state index is 0.0637. The molecule has 1 aromatic rings. The fourth-order valence-corrected chi connectivity index (χ4v) is 1.83. The summed E-state index contributed by atoms with van der Waals surface area (Å²) in [5.74, 6) is 0.829. The van der Waals surface area contributed by atoms with Gasteiger partial charge in [-0.3, -0.25) is 4.79 Å². The molecule has 0 heterocycles. The second-order valence-electron chi connectivity index (χ2n) is 5.19. The predicted molar refractivity (Wildman–Crippen MR) is 80.0 cm³/mol. The highest BCUT2D eigenvalue weighted by Crippen LogP contribution is 2.27. The van der Waals surface area contributed by atoms with Crippen molar-refractivity contribution >= 4 is 17.5 Å². The van der Waals surface area contributed by atoms with Crippen LogP contribution >= 0.6 is 11.6 Å². The van der Waals surface area contributed by atoms with Crippen LogP contribution in [0.25, 0.3) is 0 Å². The van der Waals surface area contributed by atoms with Crippen molar-refractivity contribution < 1.29 is 14.6 Å². The maximum atomic E-state index is 11.6. The fraction of sp³-hybridized carbons (Fsp3) is 0.533. The van der Waals surface area contributed by atoms with Crippen molar-refractivity contribution in [1.82, 2.24) is 5.32 Å². The van der Waals surface area contributed by atoms with E-state index in [0.717, 1.165) is 6.42 Å². The summed E-state index contributed by atoms with van der Waals surface area (Å²) in [4.78, 5) is 11.6. The Morgan fingerprint density at radius 3 is 2.65 bits per heavy atom. The first-order valence-corrected chi connectivity index (χ1v) is 7.15. The van der Waals surface area contributed by atoms with Crippen LogP contribution in [0.1, 0.15) is 38.9 Å². The molecule has 1 aromatic carbocycles. The van der Waals surface area contributed by atoms with E-state index in [1.54, 1.807) is 25.1 Å². The van der Waals surface area contributed by atoms with Crippen molar-refractivity contribution in [2.24, 2.45) is 5.92 Å². The minimum atomic E-state index is -0.583. The Hall–Kier alpha value is -1.26. The number of amides is 1. The average molecular weight is 300 g/mol. The van der Waals surface area contributed by atoms with Crippen molar-refractivity contribution in [3.05, 3.63) is 28.8 Å². The molecule has 5 heteroatoms. The fourth-order valence-electron chi connectivity index (χ4n) is 1.59. The molecule has 0 aliphatic heterocycles. The number of carbonyl (C=O) groups excluding carboxylic acids is 1. The van der Waals surface area contributed by atoms with Crippen LogP contribution in [0.15, 0.2) is 18.2 Å². The van der Waals surface area contributed by atoms with Crippen LogP contribution in [-0.4, -0.2) is 24.2 Å². The number of hydrogen-bond donors (Lipinski definition) is 2. The van der Waals surface area contributed by atoms with E-state index in [-0.39, 0.29) is 12.5 Å². The molecule has 2 N–H and O–H groups in total. The first-order chi connectivity index (χ1) is 9.40. The van der Waals surface area contributed by atoms with Crippen LogP contribution in [0, 0.1) is 5.92 Å². The van der Waals surface area contributed by atoms with Crippen molar-refractivity contribution in [2.45, 2.75) is 33.3 Å². The number of aliphatic hydroxyl groups excluding tert-OH is 1. The molecule has 0 aliphatic carbocycles. The highest BCUT2D eigenvalue weighted by molar-refractivity contribution is 6.32. The summed E-state index contributed by atoms with van der Waals surface area (Å²) in [6.45, 7) is 6.45. The molecule has 20 heavy (non-hydrogen) atoms. The lowest BCUT2D eigenvalue weighted by Crippen LogP contribution is -2.30. The Morgan fingerprint density at radius 1 is 1.40 bits per heavy atom. The van der Waals surface area contributed by atoms with E-state index < -0.39 is 6.10 Å². The van der Waals surface area contributed by atoms with Gasteiger partial charge < -0.3 is 15.2 Å². The Morgan fingerprint density at radius 2 is 2.10 bits per heavy atom. The van der Waals surface area contributed by atoms with Gasteiger partial charge in [0.1, 0.15) is 5.75 Å². The number of hydrogen-bond acceptors (Lipinski definition) is 3. The van der Waals surface area contributed by atoms with E-state index in [4.69, 9.17) is 16.3 Å². The van der Waals surface area contributed by atoms with E-state index in [1.165, 1.54) is 0 Å². The van der Waals surface area contributed by atoms with Crippen LogP contribution in [0.2, 0.25) is 5.02 Å². The summed E-state index contributed by atoms with van der Waals surface area (Å²) in [6, 6.07) is 5.02. The molecule has 0 aromatic heterocycles. The first kappa shape index (κ1) is 16.8. The Kier molecular flexibility index (Phi) is 6.82. The van der Waals surface area contributed by atoms with Crippen molar-refractivity contribution in [3.8, 4) is 5.75 Å². The Labute approximate surface area is 125 Å². The van der Waals surface area contributed by atoms with Crippen LogP contribution < -0.4 is 10.1 Å². The number of nitrogens with one attached hydrogen (secondary N) is 1. The molecule has 1 rings (SSSR count). The summed E-state index contributed by atoms with van der Waals surface area (Å²) in [5.41, 5.74) is 0.712. The van der Waals surface area contributed by atoms with E-state index >= 15 is 0 Å². The number of halogens is 1. The van der Waals surface area contributed by atoms with Gasteiger partial charge in [-0.05, 0) is 37.0 Å². The zero-order valence-corrected chi connectivity index (χ0v) is 12.9. The normalized spacial score (nSPS) is 12.3. The molecular formula is C15H22ClNO3. The number of rotatable bonds is 7. The highest BCUT2D eigenvalue weighted by Gasteiger charge is 2.08. The molecule has 0 radical (unpaired) electrons. The standard InChI is InChI=1S/C15H22ClNO3/c1-10(2)6-7-17-15(19)9-20-14-5-4-12(11(3)18)8-13(14)16/h4-5,8,10-11,18H,6-7,9H2,1-3H3,(H,17,19). The molecule has 1 amide bonds. The van der Waals surface area contributed by atoms with Crippen LogP contribution in [0.3, 0.4) is 0 Å². The summed E-state index contributed by atoms with van der Waals surface area (Å²) in [5, 5.41) is 12.6. The SMILES string of the molecule is CC(C)CCNC(=O)COc1ccc(C(C)O)cc1Cl.